The molecule has 1 rings (SSSR count). The van der Waals surface area contributed by atoms with E-state index in [-0.39, 0.29) is 12.4 Å². The van der Waals surface area contributed by atoms with Crippen molar-refractivity contribution in [3.05, 3.63) is 0 Å². The Morgan fingerprint density at radius 2 is 0.933 bits per heavy atom. The SMILES string of the molecule is OCCCCCCCCCCCN1CC[NH+](CCCCCCCCCCCO)C1.[Cl-]. The monoisotopic (exact) mass is 448 g/mol. The van der Waals surface area contributed by atoms with Crippen LogP contribution >= 0.6 is 0 Å². The Kier molecular flexibility index (Phi) is 23.9. The minimum Gasteiger partial charge on any atom is -1.00 e. The van der Waals surface area contributed by atoms with E-state index in [0.717, 1.165) is 12.8 Å². The fourth-order valence-corrected chi connectivity index (χ4v) is 4.59. The molecule has 1 fully saturated rings. The number of rotatable bonds is 22. The van der Waals surface area contributed by atoms with Crippen molar-refractivity contribution in [1.82, 2.24) is 4.90 Å². The zero-order chi connectivity index (χ0) is 20.8. The molecule has 0 aromatic rings. The largest absolute Gasteiger partial charge is 1.00 e. The Labute approximate surface area is 194 Å². The molecular weight excluding hydrogens is 396 g/mol. The summed E-state index contributed by atoms with van der Waals surface area (Å²) in [5.41, 5.74) is 0. The average Bonchev–Trinajstić information content (AvgIpc) is 3.18. The first-order chi connectivity index (χ1) is 14.4. The molecule has 5 heteroatoms. The maximum Gasteiger partial charge on any atom is 0.133 e. The second-order valence-corrected chi connectivity index (χ2v) is 9.34. The highest BCUT2D eigenvalue weighted by molar-refractivity contribution is 4.58. The molecule has 1 heterocycles. The van der Waals surface area contributed by atoms with E-state index in [0.29, 0.717) is 13.2 Å². The van der Waals surface area contributed by atoms with Gasteiger partial charge in [-0.25, -0.2) is 0 Å². The Hall–Kier alpha value is 0.130. The van der Waals surface area contributed by atoms with Crippen molar-refractivity contribution in [2.75, 3.05) is 46.1 Å². The summed E-state index contributed by atoms with van der Waals surface area (Å²) in [5.74, 6) is 0. The summed E-state index contributed by atoms with van der Waals surface area (Å²) >= 11 is 0. The van der Waals surface area contributed by atoms with E-state index in [1.807, 2.05) is 4.90 Å². The number of quaternary nitrogens is 1. The lowest BCUT2D eigenvalue weighted by Crippen LogP contribution is -3.10. The Morgan fingerprint density at radius 1 is 0.533 bits per heavy atom. The van der Waals surface area contributed by atoms with Crippen LogP contribution in [0.3, 0.4) is 0 Å². The number of nitrogens with one attached hydrogen (secondary N) is 1. The third-order valence-corrected chi connectivity index (χ3v) is 6.55. The molecule has 3 N–H and O–H groups in total. The van der Waals surface area contributed by atoms with E-state index in [9.17, 15) is 0 Å². The van der Waals surface area contributed by atoms with Crippen LogP contribution in [-0.2, 0) is 0 Å². The van der Waals surface area contributed by atoms with Crippen LogP contribution in [0.25, 0.3) is 0 Å². The van der Waals surface area contributed by atoms with Crippen LogP contribution in [0.15, 0.2) is 0 Å². The third kappa shape index (κ3) is 18.9. The van der Waals surface area contributed by atoms with Gasteiger partial charge in [0.1, 0.15) is 6.67 Å². The summed E-state index contributed by atoms with van der Waals surface area (Å²) in [7, 11) is 0. The highest BCUT2D eigenvalue weighted by Gasteiger charge is 2.21. The van der Waals surface area contributed by atoms with Gasteiger partial charge in [0.15, 0.2) is 0 Å². The topological polar surface area (TPSA) is 48.1 Å². The molecule has 0 saturated carbocycles. The molecule has 0 bridgehead atoms. The second kappa shape index (κ2) is 23.8. The van der Waals surface area contributed by atoms with Gasteiger partial charge < -0.3 is 27.5 Å². The Morgan fingerprint density at radius 3 is 1.40 bits per heavy atom. The van der Waals surface area contributed by atoms with E-state index < -0.39 is 0 Å². The van der Waals surface area contributed by atoms with E-state index in [2.05, 4.69) is 4.90 Å². The zero-order valence-electron chi connectivity index (χ0n) is 19.9. The molecule has 1 aliphatic rings. The summed E-state index contributed by atoms with van der Waals surface area (Å²) in [4.78, 5) is 4.51. The second-order valence-electron chi connectivity index (χ2n) is 9.34. The van der Waals surface area contributed by atoms with Crippen LogP contribution < -0.4 is 17.3 Å². The molecule has 1 saturated heterocycles. The van der Waals surface area contributed by atoms with Gasteiger partial charge in [0.25, 0.3) is 0 Å². The molecule has 0 radical (unpaired) electrons. The maximum absolute atomic E-state index is 8.77. The van der Waals surface area contributed by atoms with E-state index >= 15 is 0 Å². The standard InChI is InChI=1S/C25H52N2O2.ClH/c28-23-17-13-9-5-1-3-7-11-15-19-26-21-22-27(25-26)20-16-12-8-4-2-6-10-14-18-24-29;/h28-29H,1-25H2;1H. The predicted octanol–water partition coefficient (Wildman–Crippen LogP) is 1.15. The van der Waals surface area contributed by atoms with Crippen LogP contribution in [0.4, 0.5) is 0 Å². The quantitative estimate of drug-likeness (QED) is 0.218. The van der Waals surface area contributed by atoms with Gasteiger partial charge in [-0.05, 0) is 32.1 Å². The average molecular weight is 449 g/mol. The number of hydrogen-bond donors (Lipinski definition) is 3. The highest BCUT2D eigenvalue weighted by Crippen LogP contribution is 2.11. The first kappa shape index (κ1) is 30.1. The van der Waals surface area contributed by atoms with Crippen LogP contribution in [0.1, 0.15) is 116 Å². The van der Waals surface area contributed by atoms with Crippen LogP contribution in [0, 0.1) is 0 Å². The molecule has 0 spiro atoms. The van der Waals surface area contributed by atoms with Crippen LogP contribution in [-0.4, -0.2) is 61.2 Å². The van der Waals surface area contributed by atoms with Crippen molar-refractivity contribution < 1.29 is 27.5 Å². The van der Waals surface area contributed by atoms with Gasteiger partial charge >= 0.3 is 0 Å². The van der Waals surface area contributed by atoms with Gasteiger partial charge in [-0.15, -0.1) is 0 Å². The normalized spacial score (nSPS) is 16.8. The minimum atomic E-state index is 0. The molecule has 30 heavy (non-hydrogen) atoms. The van der Waals surface area contributed by atoms with E-state index in [4.69, 9.17) is 10.2 Å². The van der Waals surface area contributed by atoms with Crippen molar-refractivity contribution in [2.45, 2.75) is 116 Å². The van der Waals surface area contributed by atoms with Gasteiger partial charge in [-0.1, -0.05) is 83.5 Å². The molecular formula is C25H53ClN2O2. The lowest BCUT2D eigenvalue weighted by molar-refractivity contribution is -0.892. The number of aliphatic hydroxyl groups excluding tert-OH is 2. The molecule has 0 aromatic heterocycles. The number of aliphatic hydroxyl groups is 2. The first-order valence-corrected chi connectivity index (χ1v) is 13.1. The molecule has 182 valence electrons. The third-order valence-electron chi connectivity index (χ3n) is 6.55. The van der Waals surface area contributed by atoms with Crippen molar-refractivity contribution in [1.29, 1.82) is 0 Å². The molecule has 0 amide bonds. The minimum absolute atomic E-state index is 0. The van der Waals surface area contributed by atoms with E-state index in [1.54, 1.807) is 0 Å². The fraction of sp³-hybridized carbons (Fsp3) is 1.00. The fourth-order valence-electron chi connectivity index (χ4n) is 4.59. The lowest BCUT2D eigenvalue weighted by atomic mass is 10.1. The van der Waals surface area contributed by atoms with Crippen molar-refractivity contribution in [3.63, 3.8) is 0 Å². The predicted molar refractivity (Wildman–Crippen MR) is 124 cm³/mol. The van der Waals surface area contributed by atoms with Gasteiger partial charge in [-0.3, -0.25) is 4.90 Å². The Balaban J connectivity index is 0.00000841. The highest BCUT2D eigenvalue weighted by atomic mass is 35.5. The van der Waals surface area contributed by atoms with E-state index in [1.165, 1.54) is 136 Å². The number of nitrogens with zero attached hydrogens (tertiary/aromatic N) is 1. The van der Waals surface area contributed by atoms with Gasteiger partial charge in [0, 0.05) is 19.8 Å². The van der Waals surface area contributed by atoms with Crippen LogP contribution in [0.5, 0.6) is 0 Å². The molecule has 1 unspecified atom stereocenters. The zero-order valence-corrected chi connectivity index (χ0v) is 20.7. The molecule has 1 atom stereocenters. The van der Waals surface area contributed by atoms with Crippen molar-refractivity contribution in [2.24, 2.45) is 0 Å². The van der Waals surface area contributed by atoms with Crippen molar-refractivity contribution in [3.8, 4) is 0 Å². The molecule has 0 aliphatic carbocycles. The molecule has 1 aliphatic heterocycles. The first-order valence-electron chi connectivity index (χ1n) is 13.1. The molecule has 0 aromatic carbocycles. The molecule has 4 nitrogen and oxygen atoms in total. The van der Waals surface area contributed by atoms with Gasteiger partial charge in [-0.2, -0.15) is 0 Å². The number of unbranched alkanes of at least 4 members (excludes halogenated alkanes) is 16. The number of hydrogen-bond acceptors (Lipinski definition) is 3. The lowest BCUT2D eigenvalue weighted by Gasteiger charge is -2.15. The smallest absolute Gasteiger partial charge is 0.133 e. The summed E-state index contributed by atoms with van der Waals surface area (Å²) in [6.07, 6.45) is 23.7. The summed E-state index contributed by atoms with van der Waals surface area (Å²) in [5, 5.41) is 17.5. The van der Waals surface area contributed by atoms with Crippen molar-refractivity contribution >= 4 is 0 Å². The summed E-state index contributed by atoms with van der Waals surface area (Å²) < 4.78 is 0. The summed E-state index contributed by atoms with van der Waals surface area (Å²) in [6.45, 7) is 7.38. The number of halogens is 1. The van der Waals surface area contributed by atoms with Gasteiger partial charge in [0.05, 0.1) is 19.6 Å². The van der Waals surface area contributed by atoms with Crippen LogP contribution in [0.2, 0.25) is 0 Å². The Bertz CT molecular complexity index is 304. The summed E-state index contributed by atoms with van der Waals surface area (Å²) in [6, 6.07) is 0. The van der Waals surface area contributed by atoms with Gasteiger partial charge in [0.2, 0.25) is 0 Å². The maximum atomic E-state index is 8.77.